The number of nitrogens with one attached hydrogen (secondary N) is 1. The van der Waals surface area contributed by atoms with Crippen molar-refractivity contribution in [3.8, 4) is 0 Å². The summed E-state index contributed by atoms with van der Waals surface area (Å²) >= 11 is 5.93. The van der Waals surface area contributed by atoms with Gasteiger partial charge in [0.25, 0.3) is 6.01 Å². The standard InChI is InChI=1S/C20H21ClN4O4/c1-3-4-13(6-5-12(2)21)17-10-23-19(28-17)24-14-7-8-16-15(9-14)25(11-18(22)26)20(27)29-16/h3-5,7-10,13H,6,11H2,1-2H3,(H2,22,26)(H,23,24)/b4-3-,12-5+. The number of carbonyl (C=O) groups excluding carboxylic acids is 1. The third-order valence-electron chi connectivity index (χ3n) is 4.20. The van der Waals surface area contributed by atoms with Crippen molar-refractivity contribution in [2.24, 2.45) is 5.73 Å². The van der Waals surface area contributed by atoms with Crippen LogP contribution < -0.4 is 16.8 Å². The molecule has 3 N–H and O–H groups in total. The van der Waals surface area contributed by atoms with Gasteiger partial charge in [-0.3, -0.25) is 9.36 Å². The second kappa shape index (κ2) is 8.83. The molecule has 9 heteroatoms. The number of oxazole rings is 2. The number of hydrogen-bond donors (Lipinski definition) is 2. The Morgan fingerprint density at radius 1 is 1.41 bits per heavy atom. The lowest BCUT2D eigenvalue weighted by Gasteiger charge is -2.07. The molecule has 0 radical (unpaired) electrons. The highest BCUT2D eigenvalue weighted by Gasteiger charge is 2.15. The van der Waals surface area contributed by atoms with Gasteiger partial charge in [-0.05, 0) is 38.5 Å². The largest absolute Gasteiger partial charge is 0.428 e. The number of amides is 1. The second-order valence-electron chi connectivity index (χ2n) is 6.45. The summed E-state index contributed by atoms with van der Waals surface area (Å²) in [6.45, 7) is 3.49. The molecule has 0 aliphatic rings. The summed E-state index contributed by atoms with van der Waals surface area (Å²) in [6.07, 6.45) is 8.23. The SMILES string of the molecule is C/C=C\C(C/C=C(\C)Cl)c1cnc(Nc2ccc3oc(=O)n(CC(N)=O)c3c2)o1. The van der Waals surface area contributed by atoms with E-state index < -0.39 is 11.7 Å². The molecule has 2 heterocycles. The van der Waals surface area contributed by atoms with Crippen molar-refractivity contribution in [1.82, 2.24) is 9.55 Å². The normalized spacial score (nSPS) is 13.3. The summed E-state index contributed by atoms with van der Waals surface area (Å²) in [5, 5.41) is 3.77. The number of anilines is 2. The fourth-order valence-electron chi connectivity index (χ4n) is 2.90. The van der Waals surface area contributed by atoms with Crippen LogP contribution in [0.5, 0.6) is 0 Å². The fraction of sp³-hybridized carbons (Fsp3) is 0.250. The second-order valence-corrected chi connectivity index (χ2v) is 7.05. The van der Waals surface area contributed by atoms with E-state index in [2.05, 4.69) is 10.3 Å². The number of nitrogens with two attached hydrogens (primary N) is 1. The van der Waals surface area contributed by atoms with Crippen LogP contribution in [0, 0.1) is 0 Å². The number of nitrogens with zero attached hydrogens (tertiary/aromatic N) is 2. The number of primary amides is 1. The average molecular weight is 417 g/mol. The maximum absolute atomic E-state index is 11.9. The minimum Gasteiger partial charge on any atom is -0.428 e. The maximum Gasteiger partial charge on any atom is 0.420 e. The van der Waals surface area contributed by atoms with Crippen molar-refractivity contribution in [2.45, 2.75) is 32.7 Å². The predicted molar refractivity (Wildman–Crippen MR) is 111 cm³/mol. The monoisotopic (exact) mass is 416 g/mol. The van der Waals surface area contributed by atoms with E-state index in [1.165, 1.54) is 4.57 Å². The molecule has 29 heavy (non-hydrogen) atoms. The summed E-state index contributed by atoms with van der Waals surface area (Å²) in [7, 11) is 0. The summed E-state index contributed by atoms with van der Waals surface area (Å²) in [5.74, 6) is -0.586. The Morgan fingerprint density at radius 2 is 2.21 bits per heavy atom. The number of allylic oxidation sites excluding steroid dienone is 4. The van der Waals surface area contributed by atoms with Crippen molar-refractivity contribution < 1.29 is 13.6 Å². The first-order valence-electron chi connectivity index (χ1n) is 8.97. The van der Waals surface area contributed by atoms with Gasteiger partial charge in [0.15, 0.2) is 5.58 Å². The van der Waals surface area contributed by atoms with Crippen LogP contribution in [0.15, 0.2) is 61.3 Å². The molecule has 1 aromatic carbocycles. The van der Waals surface area contributed by atoms with Gasteiger partial charge in [-0.25, -0.2) is 9.78 Å². The highest BCUT2D eigenvalue weighted by Crippen LogP contribution is 2.27. The van der Waals surface area contributed by atoms with E-state index in [0.29, 0.717) is 40.0 Å². The van der Waals surface area contributed by atoms with Gasteiger partial charge >= 0.3 is 5.76 Å². The highest BCUT2D eigenvalue weighted by atomic mass is 35.5. The first kappa shape index (κ1) is 20.5. The molecular formula is C20H21ClN4O4. The average Bonchev–Trinajstić information content (AvgIpc) is 3.23. The van der Waals surface area contributed by atoms with E-state index in [-0.39, 0.29) is 12.5 Å². The quantitative estimate of drug-likeness (QED) is 0.536. The Balaban J connectivity index is 1.85. The van der Waals surface area contributed by atoms with Crippen LogP contribution in [0.3, 0.4) is 0 Å². The van der Waals surface area contributed by atoms with Crippen LogP contribution in [-0.4, -0.2) is 15.5 Å². The predicted octanol–water partition coefficient (Wildman–Crippen LogP) is 4.00. The van der Waals surface area contributed by atoms with Crippen LogP contribution in [-0.2, 0) is 11.3 Å². The minimum absolute atomic E-state index is 0.00819. The minimum atomic E-state index is -0.647. The number of rotatable bonds is 8. The lowest BCUT2D eigenvalue weighted by atomic mass is 10.0. The van der Waals surface area contributed by atoms with Crippen LogP contribution in [0.25, 0.3) is 11.1 Å². The molecule has 0 aliphatic heterocycles. The fourth-order valence-corrected chi connectivity index (χ4v) is 2.99. The van der Waals surface area contributed by atoms with Gasteiger partial charge in [-0.1, -0.05) is 29.8 Å². The molecule has 0 spiro atoms. The van der Waals surface area contributed by atoms with Crippen LogP contribution in [0.2, 0.25) is 0 Å². The molecule has 0 saturated carbocycles. The van der Waals surface area contributed by atoms with Crippen molar-refractivity contribution in [3.63, 3.8) is 0 Å². The summed E-state index contributed by atoms with van der Waals surface area (Å²) < 4.78 is 12.1. The van der Waals surface area contributed by atoms with Crippen LogP contribution in [0.1, 0.15) is 31.9 Å². The van der Waals surface area contributed by atoms with E-state index in [9.17, 15) is 9.59 Å². The molecule has 3 aromatic rings. The third kappa shape index (κ3) is 4.97. The summed E-state index contributed by atoms with van der Waals surface area (Å²) in [4.78, 5) is 27.4. The molecule has 1 amide bonds. The zero-order valence-electron chi connectivity index (χ0n) is 16.0. The number of hydrogen-bond acceptors (Lipinski definition) is 6. The van der Waals surface area contributed by atoms with E-state index in [1.807, 2.05) is 32.1 Å². The Morgan fingerprint density at radius 3 is 2.90 bits per heavy atom. The molecule has 2 aromatic heterocycles. The number of benzene rings is 1. The molecule has 0 aliphatic carbocycles. The Hall–Kier alpha value is -3.26. The highest BCUT2D eigenvalue weighted by molar-refractivity contribution is 6.29. The zero-order chi connectivity index (χ0) is 21.0. The van der Waals surface area contributed by atoms with E-state index in [4.69, 9.17) is 26.2 Å². The first-order chi connectivity index (χ1) is 13.9. The van der Waals surface area contributed by atoms with Crippen molar-refractivity contribution >= 4 is 40.3 Å². The smallest absolute Gasteiger partial charge is 0.420 e. The lowest BCUT2D eigenvalue weighted by molar-refractivity contribution is -0.118. The van der Waals surface area contributed by atoms with E-state index in [0.717, 1.165) is 0 Å². The number of aromatic nitrogens is 2. The van der Waals surface area contributed by atoms with E-state index in [1.54, 1.807) is 24.4 Å². The topological polar surface area (TPSA) is 116 Å². The summed E-state index contributed by atoms with van der Waals surface area (Å²) in [6, 6.07) is 5.30. The third-order valence-corrected chi connectivity index (χ3v) is 4.35. The van der Waals surface area contributed by atoms with Gasteiger partial charge in [-0.15, -0.1) is 0 Å². The molecular weight excluding hydrogens is 396 g/mol. The molecule has 1 unspecified atom stereocenters. The zero-order valence-corrected chi connectivity index (χ0v) is 16.8. The Kier molecular flexibility index (Phi) is 6.23. The Labute approximate surface area is 171 Å². The molecule has 8 nitrogen and oxygen atoms in total. The van der Waals surface area contributed by atoms with Gasteiger partial charge in [0.05, 0.1) is 11.7 Å². The van der Waals surface area contributed by atoms with Gasteiger partial charge in [-0.2, -0.15) is 0 Å². The van der Waals surface area contributed by atoms with Gasteiger partial charge in [0, 0.05) is 16.6 Å². The number of fused-ring (bicyclic) bond motifs is 1. The van der Waals surface area contributed by atoms with Crippen LogP contribution in [0.4, 0.5) is 11.7 Å². The van der Waals surface area contributed by atoms with Crippen LogP contribution >= 0.6 is 11.6 Å². The first-order valence-corrected chi connectivity index (χ1v) is 9.34. The molecule has 3 rings (SSSR count). The lowest BCUT2D eigenvalue weighted by Crippen LogP contribution is -2.24. The molecule has 0 bridgehead atoms. The number of carbonyl (C=O) groups is 1. The molecule has 1 atom stereocenters. The maximum atomic E-state index is 11.9. The van der Waals surface area contributed by atoms with Gasteiger partial charge in [0.2, 0.25) is 5.91 Å². The molecule has 0 fully saturated rings. The van der Waals surface area contributed by atoms with E-state index >= 15 is 0 Å². The number of halogens is 1. The molecule has 0 saturated heterocycles. The Bertz CT molecular complexity index is 1140. The van der Waals surface area contributed by atoms with Gasteiger partial charge in [0.1, 0.15) is 12.3 Å². The van der Waals surface area contributed by atoms with Crippen molar-refractivity contribution in [2.75, 3.05) is 5.32 Å². The van der Waals surface area contributed by atoms with Crippen molar-refractivity contribution in [1.29, 1.82) is 0 Å². The van der Waals surface area contributed by atoms with Gasteiger partial charge < -0.3 is 19.9 Å². The summed E-state index contributed by atoms with van der Waals surface area (Å²) in [5.41, 5.74) is 6.62. The van der Waals surface area contributed by atoms with Crippen molar-refractivity contribution in [3.05, 3.63) is 64.0 Å². The molecule has 152 valence electrons.